The van der Waals surface area contributed by atoms with E-state index in [-0.39, 0.29) is 6.42 Å². The first-order valence-corrected chi connectivity index (χ1v) is 8.59. The summed E-state index contributed by atoms with van der Waals surface area (Å²) in [6.45, 7) is 1.53. The third-order valence-electron chi connectivity index (χ3n) is 4.44. The maximum atomic E-state index is 12.5. The van der Waals surface area contributed by atoms with Gasteiger partial charge in [-0.2, -0.15) is 0 Å². The molecule has 0 spiro atoms. The van der Waals surface area contributed by atoms with Crippen LogP contribution in [-0.4, -0.2) is 29.0 Å². The summed E-state index contributed by atoms with van der Waals surface area (Å²) in [5.41, 5.74) is 1.24. The lowest BCUT2D eigenvalue weighted by molar-refractivity contribution is -0.142. The number of para-hydroxylation sites is 2. The highest BCUT2D eigenvalue weighted by Crippen LogP contribution is 2.30. The first kappa shape index (κ1) is 18.4. The number of rotatable bonds is 6. The molecule has 1 aliphatic rings. The van der Waals surface area contributed by atoms with Gasteiger partial charge in [0, 0.05) is 0 Å². The lowest BCUT2D eigenvalue weighted by atomic mass is 9.94. The number of carbonyl (C=O) groups excluding carboxylic acids is 2. The lowest BCUT2D eigenvalue weighted by Crippen LogP contribution is -2.43. The van der Waals surface area contributed by atoms with Crippen LogP contribution in [0.25, 0.3) is 0 Å². The van der Waals surface area contributed by atoms with Crippen LogP contribution in [-0.2, 0) is 14.4 Å². The van der Waals surface area contributed by atoms with Crippen LogP contribution in [0.3, 0.4) is 0 Å². The number of amides is 2. The van der Waals surface area contributed by atoms with Gasteiger partial charge in [0.15, 0.2) is 6.10 Å². The molecule has 0 radical (unpaired) electrons. The summed E-state index contributed by atoms with van der Waals surface area (Å²) in [7, 11) is 0. The zero-order valence-electron chi connectivity index (χ0n) is 14.7. The minimum Gasteiger partial charge on any atom is -0.481 e. The van der Waals surface area contributed by atoms with Gasteiger partial charge in [-0.3, -0.25) is 14.4 Å². The molecule has 0 bridgehead atoms. The average Bonchev–Trinajstić information content (AvgIpc) is 2.66. The smallest absolute Gasteiger partial charge is 0.308 e. The molecule has 0 aliphatic carbocycles. The Morgan fingerprint density at radius 1 is 1.15 bits per heavy atom. The molecule has 2 aromatic carbocycles. The molecule has 2 aromatic rings. The van der Waals surface area contributed by atoms with E-state index in [4.69, 9.17) is 4.74 Å². The number of carbonyl (C=O) groups is 3. The summed E-state index contributed by atoms with van der Waals surface area (Å²) in [5, 5.41) is 14.8. The summed E-state index contributed by atoms with van der Waals surface area (Å²) >= 11 is 0. The molecule has 140 valence electrons. The highest BCUT2D eigenvalue weighted by Gasteiger charge is 2.32. The predicted octanol–water partition coefficient (Wildman–Crippen LogP) is 2.35. The van der Waals surface area contributed by atoms with Gasteiger partial charge in [-0.1, -0.05) is 42.5 Å². The number of carboxylic acid groups (broad SMARTS) is 1. The highest BCUT2D eigenvalue weighted by atomic mass is 16.5. The summed E-state index contributed by atoms with van der Waals surface area (Å²) in [4.78, 5) is 36.1. The van der Waals surface area contributed by atoms with Crippen LogP contribution in [0, 0.1) is 5.92 Å². The zero-order valence-corrected chi connectivity index (χ0v) is 14.7. The van der Waals surface area contributed by atoms with E-state index in [1.807, 2.05) is 6.07 Å². The maximum Gasteiger partial charge on any atom is 0.308 e. The molecule has 7 nitrogen and oxygen atoms in total. The van der Waals surface area contributed by atoms with Crippen molar-refractivity contribution < 1.29 is 24.2 Å². The molecular weight excluding hydrogens is 348 g/mol. The number of benzene rings is 2. The number of nitrogens with one attached hydrogen (secondary N) is 2. The average molecular weight is 368 g/mol. The Morgan fingerprint density at radius 3 is 2.52 bits per heavy atom. The second-order valence-corrected chi connectivity index (χ2v) is 6.38. The topological polar surface area (TPSA) is 105 Å². The third-order valence-corrected chi connectivity index (χ3v) is 4.44. The fraction of sp³-hybridized carbons (Fsp3) is 0.250. The second-order valence-electron chi connectivity index (χ2n) is 6.38. The Kier molecular flexibility index (Phi) is 5.40. The number of carboxylic acids is 1. The SMILES string of the molecule is CC(C(=O)O)C(NC(=O)CC1Oc2ccccc2NC1=O)c1ccccc1. The molecule has 1 heterocycles. The van der Waals surface area contributed by atoms with E-state index >= 15 is 0 Å². The van der Waals surface area contributed by atoms with Gasteiger partial charge in [0.2, 0.25) is 5.91 Å². The Morgan fingerprint density at radius 2 is 1.81 bits per heavy atom. The lowest BCUT2D eigenvalue weighted by Gasteiger charge is -2.27. The zero-order chi connectivity index (χ0) is 19.4. The molecule has 3 rings (SSSR count). The van der Waals surface area contributed by atoms with Gasteiger partial charge in [0.25, 0.3) is 5.91 Å². The van der Waals surface area contributed by atoms with Gasteiger partial charge in [-0.05, 0) is 24.6 Å². The first-order chi connectivity index (χ1) is 13.0. The van der Waals surface area contributed by atoms with Crippen molar-refractivity contribution in [1.82, 2.24) is 5.32 Å². The molecule has 27 heavy (non-hydrogen) atoms. The fourth-order valence-corrected chi connectivity index (χ4v) is 2.93. The predicted molar refractivity (Wildman–Crippen MR) is 98.2 cm³/mol. The van der Waals surface area contributed by atoms with Crippen molar-refractivity contribution in [3.8, 4) is 5.75 Å². The van der Waals surface area contributed by atoms with Gasteiger partial charge in [-0.15, -0.1) is 0 Å². The Labute approximate surface area is 156 Å². The summed E-state index contributed by atoms with van der Waals surface area (Å²) in [6.07, 6.45) is -1.19. The molecule has 3 atom stereocenters. The van der Waals surface area contributed by atoms with E-state index in [2.05, 4.69) is 10.6 Å². The van der Waals surface area contributed by atoms with E-state index in [1.165, 1.54) is 6.92 Å². The van der Waals surface area contributed by atoms with Crippen LogP contribution in [0.2, 0.25) is 0 Å². The van der Waals surface area contributed by atoms with Crippen LogP contribution in [0.4, 0.5) is 5.69 Å². The van der Waals surface area contributed by atoms with E-state index in [9.17, 15) is 19.5 Å². The van der Waals surface area contributed by atoms with Crippen molar-refractivity contribution in [2.75, 3.05) is 5.32 Å². The molecule has 3 unspecified atom stereocenters. The minimum absolute atomic E-state index is 0.212. The minimum atomic E-state index is -1.02. The molecule has 7 heteroatoms. The van der Waals surface area contributed by atoms with Crippen molar-refractivity contribution in [3.63, 3.8) is 0 Å². The number of anilines is 1. The maximum absolute atomic E-state index is 12.5. The second kappa shape index (κ2) is 7.90. The molecular formula is C20H20N2O5. The molecule has 0 saturated heterocycles. The largest absolute Gasteiger partial charge is 0.481 e. The van der Waals surface area contributed by atoms with Crippen LogP contribution in [0.5, 0.6) is 5.75 Å². The Bertz CT molecular complexity index is 852. The van der Waals surface area contributed by atoms with Crippen LogP contribution >= 0.6 is 0 Å². The summed E-state index contributed by atoms with van der Waals surface area (Å²) < 4.78 is 5.62. The van der Waals surface area contributed by atoms with Crippen molar-refractivity contribution in [2.45, 2.75) is 25.5 Å². The number of ether oxygens (including phenoxy) is 1. The van der Waals surface area contributed by atoms with E-state index in [1.54, 1.807) is 48.5 Å². The highest BCUT2D eigenvalue weighted by molar-refractivity contribution is 6.00. The molecule has 0 fully saturated rings. The van der Waals surface area contributed by atoms with Gasteiger partial charge in [0.1, 0.15) is 5.75 Å². The van der Waals surface area contributed by atoms with E-state index in [0.717, 1.165) is 0 Å². The van der Waals surface area contributed by atoms with Crippen molar-refractivity contribution in [3.05, 3.63) is 60.2 Å². The van der Waals surface area contributed by atoms with Crippen LogP contribution in [0.15, 0.2) is 54.6 Å². The van der Waals surface area contributed by atoms with Crippen molar-refractivity contribution in [2.24, 2.45) is 5.92 Å². The van der Waals surface area contributed by atoms with Gasteiger partial charge in [0.05, 0.1) is 24.1 Å². The standard InChI is InChI=1S/C20H20N2O5/c1-12(20(25)26)18(13-7-3-2-4-8-13)22-17(23)11-16-19(24)21-14-9-5-6-10-15(14)27-16/h2-10,12,16,18H,11H2,1H3,(H,21,24)(H,22,23)(H,25,26). The van der Waals surface area contributed by atoms with Crippen LogP contribution < -0.4 is 15.4 Å². The number of fused-ring (bicyclic) bond motifs is 1. The van der Waals surface area contributed by atoms with E-state index in [0.29, 0.717) is 17.0 Å². The summed E-state index contributed by atoms with van der Waals surface area (Å²) in [6, 6.07) is 15.1. The van der Waals surface area contributed by atoms with Crippen LogP contribution in [0.1, 0.15) is 24.9 Å². The van der Waals surface area contributed by atoms with Gasteiger partial charge in [-0.25, -0.2) is 0 Å². The van der Waals surface area contributed by atoms with Gasteiger partial charge >= 0.3 is 5.97 Å². The van der Waals surface area contributed by atoms with E-state index < -0.39 is 35.8 Å². The first-order valence-electron chi connectivity index (χ1n) is 8.59. The Balaban J connectivity index is 1.71. The number of aliphatic carboxylic acids is 1. The van der Waals surface area contributed by atoms with Crippen molar-refractivity contribution in [1.29, 1.82) is 0 Å². The fourth-order valence-electron chi connectivity index (χ4n) is 2.93. The molecule has 1 aliphatic heterocycles. The number of hydrogen-bond acceptors (Lipinski definition) is 4. The molecule has 0 saturated carbocycles. The Hall–Kier alpha value is -3.35. The van der Waals surface area contributed by atoms with Crippen molar-refractivity contribution >= 4 is 23.5 Å². The third kappa shape index (κ3) is 4.25. The monoisotopic (exact) mass is 368 g/mol. The number of hydrogen-bond donors (Lipinski definition) is 3. The quantitative estimate of drug-likeness (QED) is 0.726. The van der Waals surface area contributed by atoms with Gasteiger partial charge < -0.3 is 20.5 Å². The molecule has 3 N–H and O–H groups in total. The summed E-state index contributed by atoms with van der Waals surface area (Å²) in [5.74, 6) is -2.24. The normalized spacial score (nSPS) is 17.7. The molecule has 2 amide bonds. The molecule has 0 aromatic heterocycles.